The molecule has 1 N–H and O–H groups in total. The first-order chi connectivity index (χ1) is 8.95. The minimum absolute atomic E-state index is 0.130. The lowest BCUT2D eigenvalue weighted by molar-refractivity contribution is -0.386. The van der Waals surface area contributed by atoms with Gasteiger partial charge in [0.2, 0.25) is 5.75 Å². The van der Waals surface area contributed by atoms with Crippen LogP contribution in [-0.4, -0.2) is 24.6 Å². The predicted molar refractivity (Wildman–Crippen MR) is 79.0 cm³/mol. The fourth-order valence-electron chi connectivity index (χ4n) is 1.50. The molecule has 0 spiro atoms. The summed E-state index contributed by atoms with van der Waals surface area (Å²) in [6.07, 6.45) is 0. The number of nitro groups is 1. The fourth-order valence-corrected chi connectivity index (χ4v) is 2.41. The van der Waals surface area contributed by atoms with Gasteiger partial charge in [-0.3, -0.25) is 10.1 Å². The predicted octanol–water partition coefficient (Wildman–Crippen LogP) is 3.64. The zero-order chi connectivity index (χ0) is 14.4. The molecule has 1 unspecified atom stereocenters. The van der Waals surface area contributed by atoms with Crippen molar-refractivity contribution in [3.63, 3.8) is 0 Å². The topological polar surface area (TPSA) is 64.4 Å². The molecule has 0 aliphatic heterocycles. The van der Waals surface area contributed by atoms with Gasteiger partial charge in [0.05, 0.1) is 16.0 Å². The number of benzene rings is 1. The van der Waals surface area contributed by atoms with Crippen LogP contribution in [0.3, 0.4) is 0 Å². The van der Waals surface area contributed by atoms with E-state index in [1.54, 1.807) is 6.07 Å². The zero-order valence-corrected chi connectivity index (χ0v) is 13.1. The standard InChI is InChI=1S/C12H16BrClN2O3/c1-3-15-6-8(2)7-19-12-10(13)4-9(14)5-11(12)16(17)18/h4-5,8,15H,3,6-7H2,1-2H3. The Morgan fingerprint density at radius 1 is 1.58 bits per heavy atom. The van der Waals surface area contributed by atoms with E-state index < -0.39 is 4.92 Å². The van der Waals surface area contributed by atoms with Gasteiger partial charge in [-0.05, 0) is 28.5 Å². The van der Waals surface area contributed by atoms with Crippen molar-refractivity contribution in [2.45, 2.75) is 13.8 Å². The van der Waals surface area contributed by atoms with Crippen LogP contribution >= 0.6 is 27.5 Å². The Hall–Kier alpha value is -0.850. The molecular formula is C12H16BrClN2O3. The maximum absolute atomic E-state index is 11.0. The average Bonchev–Trinajstić information content (AvgIpc) is 2.34. The second-order valence-electron chi connectivity index (χ2n) is 4.22. The minimum Gasteiger partial charge on any atom is -0.486 e. The summed E-state index contributed by atoms with van der Waals surface area (Å²) >= 11 is 9.04. The van der Waals surface area contributed by atoms with E-state index in [0.717, 1.165) is 13.1 Å². The Bertz CT molecular complexity index is 457. The highest BCUT2D eigenvalue weighted by Gasteiger charge is 2.20. The minimum atomic E-state index is -0.499. The van der Waals surface area contributed by atoms with E-state index >= 15 is 0 Å². The molecule has 0 fully saturated rings. The molecule has 0 saturated carbocycles. The van der Waals surface area contributed by atoms with Crippen molar-refractivity contribution < 1.29 is 9.66 Å². The summed E-state index contributed by atoms with van der Waals surface area (Å²) < 4.78 is 6.04. The maximum Gasteiger partial charge on any atom is 0.313 e. The van der Waals surface area contributed by atoms with Crippen LogP contribution in [0.15, 0.2) is 16.6 Å². The summed E-state index contributed by atoms with van der Waals surface area (Å²) in [7, 11) is 0. The lowest BCUT2D eigenvalue weighted by Gasteiger charge is -2.14. The Kier molecular flexibility index (Phi) is 6.54. The third-order valence-corrected chi connectivity index (χ3v) is 3.25. The number of nitrogens with one attached hydrogen (secondary N) is 1. The van der Waals surface area contributed by atoms with Gasteiger partial charge in [0.25, 0.3) is 0 Å². The van der Waals surface area contributed by atoms with Crippen molar-refractivity contribution in [3.05, 3.63) is 31.7 Å². The molecule has 0 aromatic heterocycles. The second kappa shape index (κ2) is 7.67. The monoisotopic (exact) mass is 350 g/mol. The Morgan fingerprint density at radius 3 is 2.84 bits per heavy atom. The van der Waals surface area contributed by atoms with E-state index in [9.17, 15) is 10.1 Å². The van der Waals surface area contributed by atoms with Gasteiger partial charge in [-0.1, -0.05) is 25.4 Å². The molecule has 106 valence electrons. The van der Waals surface area contributed by atoms with E-state index in [1.807, 2.05) is 13.8 Å². The smallest absolute Gasteiger partial charge is 0.313 e. The Labute approximate surface area is 125 Å². The molecule has 0 aliphatic carbocycles. The molecular weight excluding hydrogens is 336 g/mol. The second-order valence-corrected chi connectivity index (χ2v) is 5.51. The van der Waals surface area contributed by atoms with Crippen molar-refractivity contribution in [3.8, 4) is 5.75 Å². The molecule has 1 aromatic carbocycles. The number of hydrogen-bond acceptors (Lipinski definition) is 4. The molecule has 0 heterocycles. The number of hydrogen-bond donors (Lipinski definition) is 1. The highest BCUT2D eigenvalue weighted by atomic mass is 79.9. The van der Waals surface area contributed by atoms with Crippen molar-refractivity contribution in [2.75, 3.05) is 19.7 Å². The van der Waals surface area contributed by atoms with Gasteiger partial charge in [0, 0.05) is 23.6 Å². The first-order valence-electron chi connectivity index (χ1n) is 5.92. The molecule has 0 amide bonds. The van der Waals surface area contributed by atoms with Crippen molar-refractivity contribution in [1.29, 1.82) is 0 Å². The molecule has 1 aromatic rings. The van der Waals surface area contributed by atoms with Crippen LogP contribution < -0.4 is 10.1 Å². The van der Waals surface area contributed by atoms with Gasteiger partial charge in [0.1, 0.15) is 0 Å². The van der Waals surface area contributed by atoms with E-state index in [0.29, 0.717) is 16.1 Å². The molecule has 0 bridgehead atoms. The molecule has 0 radical (unpaired) electrons. The van der Waals surface area contributed by atoms with Crippen LogP contribution in [0.25, 0.3) is 0 Å². The van der Waals surface area contributed by atoms with Crippen LogP contribution in [-0.2, 0) is 0 Å². The first-order valence-corrected chi connectivity index (χ1v) is 7.09. The van der Waals surface area contributed by atoms with Gasteiger partial charge < -0.3 is 10.1 Å². The van der Waals surface area contributed by atoms with Crippen LogP contribution in [0.5, 0.6) is 5.75 Å². The molecule has 1 atom stereocenters. The Morgan fingerprint density at radius 2 is 2.26 bits per heavy atom. The van der Waals surface area contributed by atoms with Gasteiger partial charge in [-0.25, -0.2) is 0 Å². The normalized spacial score (nSPS) is 12.2. The lowest BCUT2D eigenvalue weighted by Crippen LogP contribution is -2.24. The first kappa shape index (κ1) is 16.2. The largest absolute Gasteiger partial charge is 0.486 e. The van der Waals surface area contributed by atoms with E-state index in [2.05, 4.69) is 21.2 Å². The molecule has 7 heteroatoms. The number of ether oxygens (including phenoxy) is 1. The Balaban J connectivity index is 2.80. The molecule has 0 saturated heterocycles. The zero-order valence-electron chi connectivity index (χ0n) is 10.8. The summed E-state index contributed by atoms with van der Waals surface area (Å²) in [6, 6.07) is 2.87. The van der Waals surface area contributed by atoms with Crippen LogP contribution in [0, 0.1) is 16.0 Å². The molecule has 1 rings (SSSR count). The summed E-state index contributed by atoms with van der Waals surface area (Å²) in [4.78, 5) is 10.5. The summed E-state index contributed by atoms with van der Waals surface area (Å²) in [6.45, 7) is 6.12. The number of nitro benzene ring substituents is 1. The SMILES string of the molecule is CCNCC(C)COc1c(Br)cc(Cl)cc1[N+](=O)[O-]. The average molecular weight is 352 g/mol. The molecule has 5 nitrogen and oxygen atoms in total. The van der Waals surface area contributed by atoms with Crippen molar-refractivity contribution in [1.82, 2.24) is 5.32 Å². The van der Waals surface area contributed by atoms with Crippen LogP contribution in [0.2, 0.25) is 5.02 Å². The third kappa shape index (κ3) is 4.97. The quantitative estimate of drug-likeness (QED) is 0.602. The van der Waals surface area contributed by atoms with E-state index in [1.165, 1.54) is 6.07 Å². The fraction of sp³-hybridized carbons (Fsp3) is 0.500. The highest BCUT2D eigenvalue weighted by molar-refractivity contribution is 9.10. The summed E-state index contributed by atoms with van der Waals surface area (Å²) in [5, 5.41) is 14.5. The molecule has 0 aliphatic rings. The van der Waals surface area contributed by atoms with Crippen LogP contribution in [0.1, 0.15) is 13.8 Å². The van der Waals surface area contributed by atoms with E-state index in [4.69, 9.17) is 16.3 Å². The van der Waals surface area contributed by atoms with Gasteiger partial charge in [0.15, 0.2) is 0 Å². The number of halogens is 2. The maximum atomic E-state index is 11.0. The van der Waals surface area contributed by atoms with Gasteiger partial charge in [-0.15, -0.1) is 0 Å². The number of nitrogens with zero attached hydrogens (tertiary/aromatic N) is 1. The molecule has 19 heavy (non-hydrogen) atoms. The van der Waals surface area contributed by atoms with Crippen LogP contribution in [0.4, 0.5) is 5.69 Å². The van der Waals surface area contributed by atoms with E-state index in [-0.39, 0.29) is 17.4 Å². The van der Waals surface area contributed by atoms with Crippen molar-refractivity contribution >= 4 is 33.2 Å². The number of rotatable bonds is 7. The summed E-state index contributed by atoms with van der Waals surface area (Å²) in [5.74, 6) is 0.472. The third-order valence-electron chi connectivity index (χ3n) is 2.44. The van der Waals surface area contributed by atoms with Gasteiger partial charge in [-0.2, -0.15) is 0 Å². The summed E-state index contributed by atoms with van der Waals surface area (Å²) in [5.41, 5.74) is -0.130. The highest BCUT2D eigenvalue weighted by Crippen LogP contribution is 2.38. The van der Waals surface area contributed by atoms with Crippen molar-refractivity contribution in [2.24, 2.45) is 5.92 Å². The van der Waals surface area contributed by atoms with Gasteiger partial charge >= 0.3 is 5.69 Å². The lowest BCUT2D eigenvalue weighted by atomic mass is 10.2.